The summed E-state index contributed by atoms with van der Waals surface area (Å²) >= 11 is 0. The zero-order valence-corrected chi connectivity index (χ0v) is 31.8. The molecule has 49 heavy (non-hydrogen) atoms. The average molecular weight is 645 g/mol. The lowest BCUT2D eigenvalue weighted by molar-refractivity contribution is 0.587. The highest BCUT2D eigenvalue weighted by Gasteiger charge is 2.46. The fourth-order valence-corrected chi connectivity index (χ4v) is 8.35. The summed E-state index contributed by atoms with van der Waals surface area (Å²) in [5.74, 6) is 0. The first kappa shape index (κ1) is 33.3. The second-order valence-corrected chi connectivity index (χ2v) is 18.3. The van der Waals surface area contributed by atoms with Gasteiger partial charge in [0.25, 0.3) is 6.71 Å². The van der Waals surface area contributed by atoms with Crippen molar-refractivity contribution < 1.29 is 0 Å². The molecule has 0 radical (unpaired) electrons. The van der Waals surface area contributed by atoms with E-state index in [2.05, 4.69) is 196 Å². The van der Waals surface area contributed by atoms with Crippen LogP contribution in [0.2, 0.25) is 0 Å². The minimum Gasteiger partial charge on any atom is -0.311 e. The van der Waals surface area contributed by atoms with E-state index in [4.69, 9.17) is 0 Å². The van der Waals surface area contributed by atoms with E-state index in [1.807, 2.05) is 0 Å². The largest absolute Gasteiger partial charge is 0.311 e. The Balaban J connectivity index is 1.67. The highest BCUT2D eigenvalue weighted by atomic mass is 15.2. The molecule has 5 aromatic rings. The van der Waals surface area contributed by atoms with Gasteiger partial charge in [0.05, 0.1) is 0 Å². The average Bonchev–Trinajstić information content (AvgIpc) is 3.02. The first-order valence-electron chi connectivity index (χ1n) is 18.1. The van der Waals surface area contributed by atoms with Crippen molar-refractivity contribution in [3.63, 3.8) is 0 Å². The second-order valence-electron chi connectivity index (χ2n) is 18.3. The van der Waals surface area contributed by atoms with Crippen LogP contribution in [0.1, 0.15) is 105 Å². The molecule has 0 saturated carbocycles. The summed E-state index contributed by atoms with van der Waals surface area (Å²) in [5.41, 5.74) is 17.1. The number of benzene rings is 5. The summed E-state index contributed by atoms with van der Waals surface area (Å²) in [5, 5.41) is 0. The normalized spacial score (nSPS) is 14.4. The summed E-state index contributed by atoms with van der Waals surface area (Å²) < 4.78 is 0. The van der Waals surface area contributed by atoms with Gasteiger partial charge in [0, 0.05) is 34.1 Å². The Morgan fingerprint density at radius 2 is 0.653 bits per heavy atom. The zero-order chi connectivity index (χ0) is 35.3. The molecule has 0 unspecified atom stereocenters. The van der Waals surface area contributed by atoms with Gasteiger partial charge in [-0.3, -0.25) is 0 Å². The minimum absolute atomic E-state index is 0.0367. The van der Waals surface area contributed by atoms with E-state index >= 15 is 0 Å². The SMILES string of the molecule is CC(C)(C)c1ccccc1N1c2cccc3c2B(c2cccc(C(C)(C)C)c21)c1cccc(C(C)(C)C)c1N3c1ccccc1C(C)(C)C. The lowest BCUT2D eigenvalue weighted by Crippen LogP contribution is -2.62. The monoisotopic (exact) mass is 644 g/mol. The molecule has 250 valence electrons. The van der Waals surface area contributed by atoms with Crippen molar-refractivity contribution in [2.45, 2.75) is 105 Å². The van der Waals surface area contributed by atoms with E-state index in [1.165, 1.54) is 72.8 Å². The predicted molar refractivity (Wildman–Crippen MR) is 215 cm³/mol. The number of nitrogens with zero attached hydrogens (tertiary/aromatic N) is 2. The molecule has 7 rings (SSSR count). The molecule has 0 aromatic heterocycles. The summed E-state index contributed by atoms with van der Waals surface area (Å²) in [6.07, 6.45) is 0. The molecule has 2 aliphatic rings. The molecule has 0 fully saturated rings. The Morgan fingerprint density at radius 3 is 1.02 bits per heavy atom. The molecular weight excluding hydrogens is 591 g/mol. The van der Waals surface area contributed by atoms with E-state index in [1.54, 1.807) is 0 Å². The van der Waals surface area contributed by atoms with Gasteiger partial charge in [-0.25, -0.2) is 0 Å². The lowest BCUT2D eigenvalue weighted by Gasteiger charge is -2.48. The van der Waals surface area contributed by atoms with E-state index in [0.717, 1.165) is 0 Å². The van der Waals surface area contributed by atoms with Crippen LogP contribution in [0, 0.1) is 0 Å². The summed E-state index contributed by atoms with van der Waals surface area (Å²) in [6.45, 7) is 28.3. The highest BCUT2D eigenvalue weighted by molar-refractivity contribution is 7.00. The van der Waals surface area contributed by atoms with Crippen LogP contribution in [-0.4, -0.2) is 6.71 Å². The molecule has 0 spiro atoms. The Labute approximate surface area is 296 Å². The van der Waals surface area contributed by atoms with Crippen LogP contribution in [0.4, 0.5) is 34.1 Å². The molecule has 0 saturated heterocycles. The molecule has 2 aliphatic heterocycles. The molecule has 0 amide bonds. The van der Waals surface area contributed by atoms with Gasteiger partial charge < -0.3 is 9.80 Å². The van der Waals surface area contributed by atoms with Gasteiger partial charge in [0.15, 0.2) is 0 Å². The highest BCUT2D eigenvalue weighted by Crippen LogP contribution is 2.51. The number of fused-ring (bicyclic) bond motifs is 4. The first-order valence-corrected chi connectivity index (χ1v) is 18.1. The smallest absolute Gasteiger partial charge is 0.252 e. The van der Waals surface area contributed by atoms with Crippen molar-refractivity contribution in [3.05, 3.63) is 125 Å². The van der Waals surface area contributed by atoms with Gasteiger partial charge in [-0.2, -0.15) is 0 Å². The van der Waals surface area contributed by atoms with Crippen LogP contribution in [-0.2, 0) is 21.7 Å². The maximum Gasteiger partial charge on any atom is 0.252 e. The van der Waals surface area contributed by atoms with Gasteiger partial charge in [-0.05, 0) is 84.6 Å². The Hall–Kier alpha value is -4.24. The zero-order valence-electron chi connectivity index (χ0n) is 31.8. The topological polar surface area (TPSA) is 6.48 Å². The number of para-hydroxylation sites is 4. The molecule has 0 N–H and O–H groups in total. The van der Waals surface area contributed by atoms with Crippen molar-refractivity contribution in [2.75, 3.05) is 9.80 Å². The summed E-state index contributed by atoms with van der Waals surface area (Å²) in [4.78, 5) is 5.25. The molecular formula is C46H53BN2. The van der Waals surface area contributed by atoms with E-state index in [0.29, 0.717) is 0 Å². The molecule has 0 aliphatic carbocycles. The van der Waals surface area contributed by atoms with Crippen LogP contribution >= 0.6 is 0 Å². The van der Waals surface area contributed by atoms with Crippen LogP contribution in [0.5, 0.6) is 0 Å². The van der Waals surface area contributed by atoms with Crippen molar-refractivity contribution >= 4 is 57.2 Å². The molecule has 0 bridgehead atoms. The molecule has 2 heterocycles. The van der Waals surface area contributed by atoms with Gasteiger partial charge in [0.1, 0.15) is 0 Å². The van der Waals surface area contributed by atoms with Gasteiger partial charge in [-0.1, -0.05) is 162 Å². The standard InChI is InChI=1S/C46H53BN2/c1-43(2,3)30-20-13-15-26-36(30)48-38-28-19-29-39-40(38)47(34-24-17-22-32(41(34)48)45(7,8)9)35-25-18-23-33(46(10,11)12)42(35)49(39)37-27-16-14-21-31(37)44(4,5)6/h13-29H,1-12H3. The van der Waals surface area contributed by atoms with Gasteiger partial charge in [-0.15, -0.1) is 0 Å². The maximum atomic E-state index is 2.62. The molecule has 5 aromatic carbocycles. The first-order chi connectivity index (χ1) is 22.9. The molecule has 0 atom stereocenters. The third kappa shape index (κ3) is 5.32. The fourth-order valence-electron chi connectivity index (χ4n) is 8.35. The van der Waals surface area contributed by atoms with Crippen LogP contribution in [0.3, 0.4) is 0 Å². The predicted octanol–water partition coefficient (Wildman–Crippen LogP) is 11.0. The van der Waals surface area contributed by atoms with Gasteiger partial charge in [0.2, 0.25) is 0 Å². The fraction of sp³-hybridized carbons (Fsp3) is 0.348. The Bertz CT molecular complexity index is 1930. The maximum absolute atomic E-state index is 2.62. The number of rotatable bonds is 2. The van der Waals surface area contributed by atoms with Crippen LogP contribution in [0.15, 0.2) is 103 Å². The minimum atomic E-state index is -0.0577. The van der Waals surface area contributed by atoms with E-state index < -0.39 is 0 Å². The molecule has 3 heteroatoms. The van der Waals surface area contributed by atoms with Crippen LogP contribution in [0.25, 0.3) is 0 Å². The van der Waals surface area contributed by atoms with E-state index in [-0.39, 0.29) is 28.4 Å². The third-order valence-corrected chi connectivity index (χ3v) is 10.6. The van der Waals surface area contributed by atoms with E-state index in [9.17, 15) is 0 Å². The quantitative estimate of drug-likeness (QED) is 0.173. The van der Waals surface area contributed by atoms with Crippen LogP contribution < -0.4 is 26.2 Å². The number of anilines is 6. The van der Waals surface area contributed by atoms with Crippen molar-refractivity contribution in [1.29, 1.82) is 0 Å². The second kappa shape index (κ2) is 11.1. The summed E-state index contributed by atoms with van der Waals surface area (Å²) in [6, 6.07) is 39.3. The number of hydrogen-bond donors (Lipinski definition) is 0. The Kier molecular flexibility index (Phi) is 7.56. The molecule has 2 nitrogen and oxygen atoms in total. The van der Waals surface area contributed by atoms with Gasteiger partial charge >= 0.3 is 0 Å². The number of hydrogen-bond acceptors (Lipinski definition) is 2. The van der Waals surface area contributed by atoms with Crippen molar-refractivity contribution in [1.82, 2.24) is 0 Å². The van der Waals surface area contributed by atoms with Crippen molar-refractivity contribution in [2.24, 2.45) is 0 Å². The summed E-state index contributed by atoms with van der Waals surface area (Å²) in [7, 11) is 0. The third-order valence-electron chi connectivity index (χ3n) is 10.6. The van der Waals surface area contributed by atoms with Crippen molar-refractivity contribution in [3.8, 4) is 0 Å². The Morgan fingerprint density at radius 1 is 0.347 bits per heavy atom. The lowest BCUT2D eigenvalue weighted by atomic mass is 9.33.